The topological polar surface area (TPSA) is 32.7 Å². The number of phenolic OH excluding ortho intramolecular Hbond substituents is 1. The third kappa shape index (κ3) is 3.47. The van der Waals surface area contributed by atoms with Gasteiger partial charge in [-0.2, -0.15) is 0 Å². The molecule has 0 bridgehead atoms. The van der Waals surface area contributed by atoms with Crippen LogP contribution in [0.5, 0.6) is 5.75 Å². The summed E-state index contributed by atoms with van der Waals surface area (Å²) in [5, 5.41) is 9.69. The number of ether oxygens (including phenoxy) is 1. The maximum absolute atomic E-state index is 9.69. The van der Waals surface area contributed by atoms with E-state index in [4.69, 9.17) is 4.74 Å². The lowest BCUT2D eigenvalue weighted by atomic mass is 10.1. The van der Waals surface area contributed by atoms with Gasteiger partial charge >= 0.3 is 0 Å². The summed E-state index contributed by atoms with van der Waals surface area (Å²) in [5.74, 6) is 0.257. The third-order valence-electron chi connectivity index (χ3n) is 3.32. The van der Waals surface area contributed by atoms with Crippen molar-refractivity contribution in [1.82, 2.24) is 4.90 Å². The average Bonchev–Trinajstić information content (AvgIpc) is 2.37. The molecule has 1 aromatic rings. The quantitative estimate of drug-likeness (QED) is 0.873. The minimum absolute atomic E-state index is 0.257. The average molecular weight is 379 g/mol. The molecule has 1 N–H and O–H groups in total. The van der Waals surface area contributed by atoms with E-state index in [0.29, 0.717) is 6.04 Å². The van der Waals surface area contributed by atoms with Gasteiger partial charge in [0.15, 0.2) is 0 Å². The van der Waals surface area contributed by atoms with Crippen molar-refractivity contribution in [2.75, 3.05) is 20.3 Å². The molecule has 0 aliphatic carbocycles. The third-order valence-corrected chi connectivity index (χ3v) is 4.53. The van der Waals surface area contributed by atoms with Gasteiger partial charge in [-0.15, -0.1) is 0 Å². The van der Waals surface area contributed by atoms with Gasteiger partial charge in [0.2, 0.25) is 0 Å². The largest absolute Gasteiger partial charge is 0.506 e. The van der Waals surface area contributed by atoms with Crippen molar-refractivity contribution in [1.29, 1.82) is 0 Å². The SMILES string of the molecule is CN(Cc1cc(Br)c(O)c(Br)c1)C1CCOCC1. The zero-order valence-corrected chi connectivity index (χ0v) is 13.5. The van der Waals surface area contributed by atoms with Gasteiger partial charge in [0, 0.05) is 25.8 Å². The predicted octanol–water partition coefficient (Wildman–Crippen LogP) is 3.53. The van der Waals surface area contributed by atoms with Crippen LogP contribution < -0.4 is 0 Å². The molecule has 0 saturated carbocycles. The maximum Gasteiger partial charge on any atom is 0.143 e. The van der Waals surface area contributed by atoms with E-state index in [-0.39, 0.29) is 5.75 Å². The molecule has 5 heteroatoms. The van der Waals surface area contributed by atoms with Crippen molar-refractivity contribution in [3.63, 3.8) is 0 Å². The number of benzene rings is 1. The van der Waals surface area contributed by atoms with Gasteiger partial charge in [-0.3, -0.25) is 4.90 Å². The fourth-order valence-corrected chi connectivity index (χ4v) is 3.53. The van der Waals surface area contributed by atoms with Crippen LogP contribution in [-0.2, 0) is 11.3 Å². The number of hydrogen-bond acceptors (Lipinski definition) is 3. The molecule has 1 heterocycles. The first kappa shape index (κ1) is 14.3. The summed E-state index contributed by atoms with van der Waals surface area (Å²) in [4.78, 5) is 2.35. The lowest BCUT2D eigenvalue weighted by molar-refractivity contribution is 0.0407. The summed E-state index contributed by atoms with van der Waals surface area (Å²) < 4.78 is 6.84. The summed E-state index contributed by atoms with van der Waals surface area (Å²) in [6.07, 6.45) is 2.19. The number of rotatable bonds is 3. The minimum Gasteiger partial charge on any atom is -0.506 e. The molecule has 1 aliphatic heterocycles. The monoisotopic (exact) mass is 377 g/mol. The first-order valence-corrected chi connectivity index (χ1v) is 7.61. The lowest BCUT2D eigenvalue weighted by Gasteiger charge is -2.31. The number of halogens is 2. The summed E-state index contributed by atoms with van der Waals surface area (Å²) in [5.41, 5.74) is 1.18. The Bertz CT molecular complexity index is 396. The molecule has 0 atom stereocenters. The highest BCUT2D eigenvalue weighted by atomic mass is 79.9. The van der Waals surface area contributed by atoms with Crippen molar-refractivity contribution in [2.45, 2.75) is 25.4 Å². The molecule has 1 aromatic carbocycles. The van der Waals surface area contributed by atoms with E-state index < -0.39 is 0 Å². The van der Waals surface area contributed by atoms with Crippen LogP contribution in [0, 0.1) is 0 Å². The first-order valence-electron chi connectivity index (χ1n) is 6.03. The molecular weight excluding hydrogens is 362 g/mol. The zero-order valence-electron chi connectivity index (χ0n) is 10.3. The van der Waals surface area contributed by atoms with Crippen LogP contribution in [0.15, 0.2) is 21.1 Å². The zero-order chi connectivity index (χ0) is 13.1. The first-order chi connectivity index (χ1) is 8.58. The van der Waals surface area contributed by atoms with Crippen LogP contribution in [-0.4, -0.2) is 36.3 Å². The number of hydrogen-bond donors (Lipinski definition) is 1. The Balaban J connectivity index is 2.04. The standard InChI is InChI=1S/C13H17Br2NO2/c1-16(10-2-4-18-5-3-10)8-9-6-11(14)13(17)12(15)7-9/h6-7,10,17H,2-5,8H2,1H3. The Morgan fingerprint density at radius 1 is 1.28 bits per heavy atom. The van der Waals surface area contributed by atoms with Crippen molar-refractivity contribution in [2.24, 2.45) is 0 Å². The van der Waals surface area contributed by atoms with Crippen LogP contribution in [0.2, 0.25) is 0 Å². The second kappa shape index (κ2) is 6.37. The highest BCUT2D eigenvalue weighted by Gasteiger charge is 2.19. The molecule has 0 unspecified atom stereocenters. The fourth-order valence-electron chi connectivity index (χ4n) is 2.25. The Kier molecular flexibility index (Phi) is 5.06. The second-order valence-corrected chi connectivity index (χ2v) is 6.38. The molecule has 18 heavy (non-hydrogen) atoms. The lowest BCUT2D eigenvalue weighted by Crippen LogP contribution is -2.36. The van der Waals surface area contributed by atoms with Gasteiger partial charge < -0.3 is 9.84 Å². The van der Waals surface area contributed by atoms with Gasteiger partial charge in [-0.1, -0.05) is 0 Å². The van der Waals surface area contributed by atoms with E-state index in [9.17, 15) is 5.11 Å². The molecule has 0 radical (unpaired) electrons. The highest BCUT2D eigenvalue weighted by molar-refractivity contribution is 9.11. The van der Waals surface area contributed by atoms with Crippen molar-refractivity contribution < 1.29 is 9.84 Å². The molecule has 3 nitrogen and oxygen atoms in total. The Morgan fingerprint density at radius 2 is 1.83 bits per heavy atom. The molecular formula is C13H17Br2NO2. The van der Waals surface area contributed by atoms with E-state index >= 15 is 0 Å². The van der Waals surface area contributed by atoms with Crippen LogP contribution in [0.4, 0.5) is 0 Å². The van der Waals surface area contributed by atoms with Crippen LogP contribution in [0.3, 0.4) is 0 Å². The van der Waals surface area contributed by atoms with E-state index in [1.807, 2.05) is 12.1 Å². The van der Waals surface area contributed by atoms with E-state index in [1.165, 1.54) is 5.56 Å². The summed E-state index contributed by atoms with van der Waals surface area (Å²) in [7, 11) is 2.14. The molecule has 1 saturated heterocycles. The van der Waals surface area contributed by atoms with E-state index in [0.717, 1.165) is 41.5 Å². The Morgan fingerprint density at radius 3 is 2.39 bits per heavy atom. The van der Waals surface area contributed by atoms with Crippen molar-refractivity contribution in [3.8, 4) is 5.75 Å². The van der Waals surface area contributed by atoms with Gasteiger partial charge in [0.25, 0.3) is 0 Å². The van der Waals surface area contributed by atoms with Gasteiger partial charge in [-0.25, -0.2) is 0 Å². The van der Waals surface area contributed by atoms with Gasteiger partial charge in [-0.05, 0) is 69.4 Å². The summed E-state index contributed by atoms with van der Waals surface area (Å²) in [6.45, 7) is 2.60. The molecule has 0 amide bonds. The van der Waals surface area contributed by atoms with Gasteiger partial charge in [0.05, 0.1) is 8.95 Å². The minimum atomic E-state index is 0.257. The Labute approximate surface area is 124 Å². The normalized spacial score (nSPS) is 17.3. The molecule has 1 aliphatic rings. The number of aromatic hydroxyl groups is 1. The van der Waals surface area contributed by atoms with E-state index in [2.05, 4.69) is 43.8 Å². The number of nitrogens with zero attached hydrogens (tertiary/aromatic N) is 1. The second-order valence-electron chi connectivity index (χ2n) is 4.67. The van der Waals surface area contributed by atoms with Crippen molar-refractivity contribution >= 4 is 31.9 Å². The molecule has 2 rings (SSSR count). The summed E-state index contributed by atoms with van der Waals surface area (Å²) >= 11 is 6.73. The van der Waals surface area contributed by atoms with Crippen LogP contribution in [0.1, 0.15) is 18.4 Å². The Hall–Kier alpha value is -0.100. The molecule has 0 aromatic heterocycles. The van der Waals surface area contributed by atoms with E-state index in [1.54, 1.807) is 0 Å². The fraction of sp³-hybridized carbons (Fsp3) is 0.538. The van der Waals surface area contributed by atoms with Gasteiger partial charge in [0.1, 0.15) is 5.75 Å². The smallest absolute Gasteiger partial charge is 0.143 e. The number of phenols is 1. The van der Waals surface area contributed by atoms with Crippen LogP contribution >= 0.6 is 31.9 Å². The highest BCUT2D eigenvalue weighted by Crippen LogP contribution is 2.33. The maximum atomic E-state index is 9.69. The molecule has 1 fully saturated rings. The van der Waals surface area contributed by atoms with Crippen molar-refractivity contribution in [3.05, 3.63) is 26.6 Å². The summed E-state index contributed by atoms with van der Waals surface area (Å²) in [6, 6.07) is 4.52. The predicted molar refractivity (Wildman–Crippen MR) is 78.8 cm³/mol. The molecule has 100 valence electrons. The molecule has 0 spiro atoms. The van der Waals surface area contributed by atoms with Crippen LogP contribution in [0.25, 0.3) is 0 Å².